The fraction of sp³-hybridized carbons (Fsp3) is 0.333. The highest BCUT2D eigenvalue weighted by molar-refractivity contribution is 5.82. The average molecular weight is 612 g/mol. The molecular weight excluding hydrogens is 590 g/mol. The van der Waals surface area contributed by atoms with E-state index in [0.717, 1.165) is 12.1 Å². The largest absolute Gasteiger partial charge is 0.488 e. The summed E-state index contributed by atoms with van der Waals surface area (Å²) in [5, 5.41) is 36.4. The van der Waals surface area contributed by atoms with E-state index in [2.05, 4.69) is 0 Å². The van der Waals surface area contributed by atoms with E-state index in [-0.39, 0.29) is 11.5 Å². The Morgan fingerprint density at radius 3 is 1.10 bits per heavy atom. The Labute approximate surface area is 231 Å². The number of nitrogens with zero attached hydrogens (tertiary/aromatic N) is 2. The van der Waals surface area contributed by atoms with Crippen LogP contribution in [-0.4, -0.2) is 83.7 Å². The molecule has 0 aliphatic rings. The number of hydrogen-bond acceptors (Lipinski definition) is 8. The molecule has 2 aromatic rings. The maximum atomic E-state index is 13.3. The van der Waals surface area contributed by atoms with Crippen LogP contribution in [0.15, 0.2) is 36.4 Å². The van der Waals surface area contributed by atoms with Gasteiger partial charge in [-0.05, 0) is 36.4 Å². The molecule has 18 heteroatoms. The van der Waals surface area contributed by atoms with Crippen LogP contribution < -0.4 is 19.3 Å². The van der Waals surface area contributed by atoms with Gasteiger partial charge in [0, 0.05) is 0 Å². The summed E-state index contributed by atoms with van der Waals surface area (Å²) in [7, 11) is 0. The van der Waals surface area contributed by atoms with Crippen molar-refractivity contribution >= 4 is 35.3 Å². The van der Waals surface area contributed by atoms with E-state index in [1.807, 2.05) is 0 Å². The molecule has 2 aromatic carbocycles. The average Bonchev–Trinajstić information content (AvgIpc) is 2.83. The molecule has 0 amide bonds. The van der Waals surface area contributed by atoms with Gasteiger partial charge >= 0.3 is 36.2 Å². The molecule has 0 saturated carbocycles. The summed E-state index contributed by atoms with van der Waals surface area (Å²) in [6, 6.07) is 3.74. The van der Waals surface area contributed by atoms with Gasteiger partial charge in [0.1, 0.15) is 50.9 Å². The molecule has 0 aromatic heterocycles. The summed E-state index contributed by atoms with van der Waals surface area (Å²) >= 11 is 0. The minimum atomic E-state index is -4.88. The van der Waals surface area contributed by atoms with E-state index >= 15 is 0 Å². The van der Waals surface area contributed by atoms with Gasteiger partial charge in [-0.3, -0.25) is 19.2 Å². The first-order chi connectivity index (χ1) is 19.4. The zero-order chi connectivity index (χ0) is 31.8. The van der Waals surface area contributed by atoms with Crippen molar-refractivity contribution in [2.75, 3.05) is 49.2 Å². The molecule has 0 fully saturated rings. The third-order valence-electron chi connectivity index (χ3n) is 5.16. The van der Waals surface area contributed by atoms with Gasteiger partial charge in [0.05, 0.1) is 22.5 Å². The number of carboxylic acids is 4. The van der Waals surface area contributed by atoms with E-state index in [4.69, 9.17) is 29.9 Å². The Bertz CT molecular complexity index is 1180. The van der Waals surface area contributed by atoms with Gasteiger partial charge in [-0.15, -0.1) is 0 Å². The van der Waals surface area contributed by atoms with Crippen molar-refractivity contribution in [3.8, 4) is 11.5 Å². The number of anilines is 2. The van der Waals surface area contributed by atoms with Crippen molar-refractivity contribution in [2.24, 2.45) is 0 Å². The third kappa shape index (κ3) is 9.93. The molecule has 0 aliphatic carbocycles. The lowest BCUT2D eigenvalue weighted by atomic mass is 10.1. The number of rotatable bonds is 15. The normalized spacial score (nSPS) is 11.5. The summed E-state index contributed by atoms with van der Waals surface area (Å²) in [5.74, 6) is -7.04. The van der Waals surface area contributed by atoms with Crippen molar-refractivity contribution in [1.82, 2.24) is 0 Å². The number of benzene rings is 2. The summed E-state index contributed by atoms with van der Waals surface area (Å²) in [6.45, 7) is -5.14. The van der Waals surface area contributed by atoms with Crippen LogP contribution in [0, 0.1) is 0 Å². The van der Waals surface area contributed by atoms with Crippen LogP contribution in [0.4, 0.5) is 37.7 Å². The Kier molecular flexibility index (Phi) is 10.8. The maximum absolute atomic E-state index is 13.3. The highest BCUT2D eigenvalue weighted by Gasteiger charge is 2.34. The monoisotopic (exact) mass is 612 g/mol. The number of alkyl halides is 6. The number of carboxylic acid groups (broad SMARTS) is 4. The topological polar surface area (TPSA) is 174 Å². The highest BCUT2D eigenvalue weighted by Crippen LogP contribution is 2.38. The van der Waals surface area contributed by atoms with Gasteiger partial charge in [0.25, 0.3) is 0 Å². The van der Waals surface area contributed by atoms with E-state index in [9.17, 15) is 45.5 Å². The number of hydrogen-bond donors (Lipinski definition) is 4. The predicted octanol–water partition coefficient (Wildman–Crippen LogP) is 3.13. The quantitative estimate of drug-likeness (QED) is 0.171. The smallest absolute Gasteiger partial charge is 0.416 e. The van der Waals surface area contributed by atoms with Crippen LogP contribution in [0.5, 0.6) is 11.5 Å². The van der Waals surface area contributed by atoms with Gasteiger partial charge in [0.2, 0.25) is 0 Å². The maximum Gasteiger partial charge on any atom is 0.416 e. The van der Waals surface area contributed by atoms with Crippen LogP contribution in [-0.2, 0) is 31.5 Å². The first-order valence-electron chi connectivity index (χ1n) is 11.4. The molecule has 0 aliphatic heterocycles. The van der Waals surface area contributed by atoms with Crippen LogP contribution in [0.2, 0.25) is 0 Å². The van der Waals surface area contributed by atoms with Crippen LogP contribution in [0.1, 0.15) is 11.1 Å². The Balaban J connectivity index is 2.37. The second kappa shape index (κ2) is 13.6. The van der Waals surface area contributed by atoms with Gasteiger partial charge in [-0.2, -0.15) is 26.3 Å². The van der Waals surface area contributed by atoms with Crippen LogP contribution in [0.3, 0.4) is 0 Å². The third-order valence-corrected chi connectivity index (χ3v) is 5.16. The van der Waals surface area contributed by atoms with Crippen LogP contribution in [0.25, 0.3) is 0 Å². The number of halogens is 6. The molecule has 0 heterocycles. The number of carbonyl (C=O) groups is 4. The molecule has 42 heavy (non-hydrogen) atoms. The van der Waals surface area contributed by atoms with Gasteiger partial charge < -0.3 is 39.7 Å². The molecule has 0 saturated heterocycles. The molecule has 0 unspecified atom stereocenters. The van der Waals surface area contributed by atoms with Crippen molar-refractivity contribution in [3.63, 3.8) is 0 Å². The molecule has 0 radical (unpaired) electrons. The minimum absolute atomic E-state index is 0.389. The highest BCUT2D eigenvalue weighted by atomic mass is 19.4. The second-order valence-electron chi connectivity index (χ2n) is 8.34. The molecular formula is C24H22F6N2O10. The molecule has 0 atom stereocenters. The van der Waals surface area contributed by atoms with E-state index in [0.29, 0.717) is 34.1 Å². The molecule has 0 spiro atoms. The first kappa shape index (κ1) is 33.3. The predicted molar refractivity (Wildman–Crippen MR) is 129 cm³/mol. The van der Waals surface area contributed by atoms with Crippen molar-refractivity contribution in [3.05, 3.63) is 47.5 Å². The van der Waals surface area contributed by atoms with E-state index in [1.54, 1.807) is 0 Å². The van der Waals surface area contributed by atoms with Gasteiger partial charge in [0.15, 0.2) is 0 Å². The van der Waals surface area contributed by atoms with Gasteiger partial charge in [-0.1, -0.05) is 0 Å². The van der Waals surface area contributed by atoms with Crippen LogP contribution >= 0.6 is 0 Å². The van der Waals surface area contributed by atoms with E-state index < -0.39 is 98.1 Å². The SMILES string of the molecule is O=C(O)CN(CC(=O)O)c1cc(C(F)(F)F)ccc1OCCOc1ccc(C(F)(F)F)cc1N(CC(=O)O)CC(=O)O. The summed E-state index contributed by atoms with van der Waals surface area (Å²) in [5.41, 5.74) is -3.57. The zero-order valence-corrected chi connectivity index (χ0v) is 21.1. The number of aliphatic carboxylic acids is 4. The fourth-order valence-corrected chi connectivity index (χ4v) is 3.53. The fourth-order valence-electron chi connectivity index (χ4n) is 3.53. The standard InChI is InChI=1S/C24H22F6N2O10/c25-23(26,27)13-1-3-17(15(7-13)31(9-19(33)34)10-20(35)36)41-5-6-42-18-4-2-14(24(28,29)30)8-16(18)32(11-21(37)38)12-22(39)40/h1-4,7-8H,5-6,9-12H2,(H,33,34)(H,35,36)(H,37,38)(H,39,40). The number of ether oxygens (including phenoxy) is 2. The molecule has 0 bridgehead atoms. The summed E-state index contributed by atoms with van der Waals surface area (Å²) < 4.78 is 90.5. The lowest BCUT2D eigenvalue weighted by Crippen LogP contribution is -2.35. The molecule has 2 rings (SSSR count). The minimum Gasteiger partial charge on any atom is -0.488 e. The van der Waals surface area contributed by atoms with Crippen molar-refractivity contribution < 1.29 is 75.4 Å². The van der Waals surface area contributed by atoms with Crippen molar-refractivity contribution in [1.29, 1.82) is 0 Å². The zero-order valence-electron chi connectivity index (χ0n) is 21.1. The van der Waals surface area contributed by atoms with Crippen molar-refractivity contribution in [2.45, 2.75) is 12.4 Å². The molecule has 4 N–H and O–H groups in total. The van der Waals surface area contributed by atoms with E-state index in [1.165, 1.54) is 0 Å². The van der Waals surface area contributed by atoms with Gasteiger partial charge in [-0.25, -0.2) is 0 Å². The lowest BCUT2D eigenvalue weighted by molar-refractivity contribution is -0.138. The Morgan fingerprint density at radius 2 is 0.857 bits per heavy atom. The summed E-state index contributed by atoms with van der Waals surface area (Å²) in [4.78, 5) is 46.1. The first-order valence-corrected chi connectivity index (χ1v) is 11.4. The lowest BCUT2D eigenvalue weighted by Gasteiger charge is -2.25. The molecule has 230 valence electrons. The molecule has 12 nitrogen and oxygen atoms in total. The Hall–Kier alpha value is -4.90. The Morgan fingerprint density at radius 1 is 0.571 bits per heavy atom. The summed E-state index contributed by atoms with van der Waals surface area (Å²) in [6.07, 6.45) is -9.77. The second-order valence-corrected chi connectivity index (χ2v) is 8.34.